The molecule has 0 fully saturated rings. The number of nitrogens with one attached hydrogen (secondary N) is 1. The average Bonchev–Trinajstić information content (AvgIpc) is 2.49. The molecule has 2 nitrogen and oxygen atoms in total. The summed E-state index contributed by atoms with van der Waals surface area (Å²) in [7, 11) is 2.01. The highest BCUT2D eigenvalue weighted by Gasteiger charge is 2.09. The van der Waals surface area contributed by atoms with E-state index in [-0.39, 0.29) is 0 Å². The molecule has 0 amide bonds. The van der Waals surface area contributed by atoms with Gasteiger partial charge in [-0.05, 0) is 36.7 Å². The number of nitrogens with zero attached hydrogens (tertiary/aromatic N) is 1. The lowest BCUT2D eigenvalue weighted by atomic mass is 10.1. The van der Waals surface area contributed by atoms with Crippen molar-refractivity contribution >= 4 is 11.8 Å². The lowest BCUT2D eigenvalue weighted by Crippen LogP contribution is -2.18. The molecule has 1 unspecified atom stereocenters. The number of aryl methyl sites for hydroxylation is 1. The maximum absolute atomic E-state index is 4.34. The molecule has 1 N–H and O–H groups in total. The van der Waals surface area contributed by atoms with Crippen LogP contribution < -0.4 is 5.32 Å². The summed E-state index contributed by atoms with van der Waals surface area (Å²) in [4.78, 5) is 4.34. The first-order valence-corrected chi connectivity index (χ1v) is 7.62. The van der Waals surface area contributed by atoms with Crippen LogP contribution >= 0.6 is 11.8 Å². The Morgan fingerprint density at radius 1 is 1.16 bits per heavy atom. The van der Waals surface area contributed by atoms with Gasteiger partial charge in [0, 0.05) is 18.0 Å². The quantitative estimate of drug-likeness (QED) is 0.812. The standard InChI is InChI=1S/C16H20N2S/c1-3-13-7-9-14(10-8-13)15(17-2)12-19-16-6-4-5-11-18-16/h4-11,15,17H,3,12H2,1-2H3. The van der Waals surface area contributed by atoms with E-state index < -0.39 is 0 Å². The largest absolute Gasteiger partial charge is 0.312 e. The van der Waals surface area contributed by atoms with Gasteiger partial charge in [-0.15, -0.1) is 11.8 Å². The van der Waals surface area contributed by atoms with Crippen LogP contribution in [0.15, 0.2) is 53.7 Å². The number of hydrogen-bond donors (Lipinski definition) is 1. The molecule has 0 aliphatic heterocycles. The second-order valence-corrected chi connectivity index (χ2v) is 5.46. The second-order valence-electron chi connectivity index (χ2n) is 4.42. The van der Waals surface area contributed by atoms with E-state index >= 15 is 0 Å². The van der Waals surface area contributed by atoms with Gasteiger partial charge in [-0.1, -0.05) is 37.3 Å². The maximum Gasteiger partial charge on any atom is 0.0960 e. The lowest BCUT2D eigenvalue weighted by molar-refractivity contribution is 0.661. The summed E-state index contributed by atoms with van der Waals surface area (Å²) in [5.74, 6) is 0.985. The minimum atomic E-state index is 0.359. The van der Waals surface area contributed by atoms with Crippen LogP contribution in [0.4, 0.5) is 0 Å². The minimum Gasteiger partial charge on any atom is -0.312 e. The van der Waals surface area contributed by atoms with E-state index in [9.17, 15) is 0 Å². The molecule has 3 heteroatoms. The normalized spacial score (nSPS) is 12.3. The highest BCUT2D eigenvalue weighted by Crippen LogP contribution is 2.23. The van der Waals surface area contributed by atoms with E-state index in [2.05, 4.69) is 47.6 Å². The van der Waals surface area contributed by atoms with Gasteiger partial charge >= 0.3 is 0 Å². The first kappa shape index (κ1) is 14.1. The predicted molar refractivity (Wildman–Crippen MR) is 82.6 cm³/mol. The van der Waals surface area contributed by atoms with E-state index in [1.807, 2.05) is 25.4 Å². The Hall–Kier alpha value is -1.32. The fourth-order valence-corrected chi connectivity index (χ4v) is 2.94. The van der Waals surface area contributed by atoms with Crippen molar-refractivity contribution in [2.24, 2.45) is 0 Å². The van der Waals surface area contributed by atoms with Crippen molar-refractivity contribution in [1.82, 2.24) is 10.3 Å². The highest BCUT2D eigenvalue weighted by atomic mass is 32.2. The van der Waals surface area contributed by atoms with Crippen LogP contribution in [-0.2, 0) is 6.42 Å². The predicted octanol–water partition coefficient (Wildman–Crippen LogP) is 3.70. The molecule has 0 saturated heterocycles. The van der Waals surface area contributed by atoms with Crippen LogP contribution in [0.1, 0.15) is 24.1 Å². The molecule has 19 heavy (non-hydrogen) atoms. The zero-order valence-corrected chi connectivity index (χ0v) is 12.3. The average molecular weight is 272 g/mol. The summed E-state index contributed by atoms with van der Waals surface area (Å²) >= 11 is 1.78. The van der Waals surface area contributed by atoms with Crippen LogP contribution in [-0.4, -0.2) is 17.8 Å². The van der Waals surface area contributed by atoms with Crippen molar-refractivity contribution in [2.75, 3.05) is 12.8 Å². The fraction of sp³-hybridized carbons (Fsp3) is 0.312. The molecule has 0 radical (unpaired) electrons. The van der Waals surface area contributed by atoms with Crippen LogP contribution in [0.5, 0.6) is 0 Å². The van der Waals surface area contributed by atoms with Gasteiger partial charge in [-0.2, -0.15) is 0 Å². The van der Waals surface area contributed by atoms with Crippen molar-refractivity contribution in [3.63, 3.8) is 0 Å². The number of benzene rings is 1. The molecule has 1 aromatic carbocycles. The van der Waals surface area contributed by atoms with Gasteiger partial charge in [0.25, 0.3) is 0 Å². The Labute approximate surface area is 119 Å². The zero-order chi connectivity index (χ0) is 13.5. The molecule has 0 aliphatic rings. The fourth-order valence-electron chi connectivity index (χ4n) is 1.93. The summed E-state index contributed by atoms with van der Waals surface area (Å²) in [5, 5.41) is 4.45. The van der Waals surface area contributed by atoms with Crippen LogP contribution in [0.2, 0.25) is 0 Å². The molecule has 2 aromatic rings. The van der Waals surface area contributed by atoms with E-state index in [0.717, 1.165) is 17.2 Å². The molecule has 0 bridgehead atoms. The van der Waals surface area contributed by atoms with Crippen molar-refractivity contribution in [2.45, 2.75) is 24.4 Å². The van der Waals surface area contributed by atoms with Gasteiger partial charge in [0.1, 0.15) is 0 Å². The molecule has 100 valence electrons. The molecule has 1 heterocycles. The SMILES string of the molecule is CCc1ccc(C(CSc2ccccn2)NC)cc1. The number of pyridine rings is 1. The smallest absolute Gasteiger partial charge is 0.0960 e. The van der Waals surface area contributed by atoms with Crippen LogP contribution in [0.3, 0.4) is 0 Å². The highest BCUT2D eigenvalue weighted by molar-refractivity contribution is 7.99. The molecular formula is C16H20N2S. The summed E-state index contributed by atoms with van der Waals surface area (Å²) in [6.45, 7) is 2.18. The Morgan fingerprint density at radius 2 is 1.95 bits per heavy atom. The molecule has 1 aromatic heterocycles. The third-order valence-electron chi connectivity index (χ3n) is 3.17. The molecule has 0 spiro atoms. The summed E-state index contributed by atoms with van der Waals surface area (Å²) < 4.78 is 0. The number of hydrogen-bond acceptors (Lipinski definition) is 3. The first-order valence-electron chi connectivity index (χ1n) is 6.63. The van der Waals surface area contributed by atoms with E-state index in [1.54, 1.807) is 11.8 Å². The Bertz CT molecular complexity index is 482. The zero-order valence-electron chi connectivity index (χ0n) is 11.5. The molecule has 2 rings (SSSR count). The number of aromatic nitrogens is 1. The molecule has 0 saturated carbocycles. The van der Waals surface area contributed by atoms with Crippen molar-refractivity contribution in [3.05, 3.63) is 59.8 Å². The summed E-state index contributed by atoms with van der Waals surface area (Å²) in [6, 6.07) is 15.3. The number of thioether (sulfide) groups is 1. The van der Waals surface area contributed by atoms with Crippen molar-refractivity contribution in [1.29, 1.82) is 0 Å². The monoisotopic (exact) mass is 272 g/mol. The van der Waals surface area contributed by atoms with Gasteiger partial charge in [-0.3, -0.25) is 0 Å². The molecule has 0 aliphatic carbocycles. The lowest BCUT2D eigenvalue weighted by Gasteiger charge is -2.16. The Balaban J connectivity index is 1.99. The van der Waals surface area contributed by atoms with Gasteiger partial charge in [0.05, 0.1) is 5.03 Å². The second kappa shape index (κ2) is 7.31. The maximum atomic E-state index is 4.34. The first-order chi connectivity index (χ1) is 9.33. The topological polar surface area (TPSA) is 24.9 Å². The van der Waals surface area contributed by atoms with Crippen LogP contribution in [0, 0.1) is 0 Å². The van der Waals surface area contributed by atoms with Gasteiger partial charge in [0.2, 0.25) is 0 Å². The molecule has 1 atom stereocenters. The Kier molecular flexibility index (Phi) is 5.43. The minimum absolute atomic E-state index is 0.359. The van der Waals surface area contributed by atoms with Crippen molar-refractivity contribution < 1.29 is 0 Å². The van der Waals surface area contributed by atoms with Gasteiger partial charge < -0.3 is 5.32 Å². The number of rotatable bonds is 6. The van der Waals surface area contributed by atoms with Crippen LogP contribution in [0.25, 0.3) is 0 Å². The van der Waals surface area contributed by atoms with E-state index in [1.165, 1.54) is 11.1 Å². The van der Waals surface area contributed by atoms with Gasteiger partial charge in [0.15, 0.2) is 0 Å². The summed E-state index contributed by atoms with van der Waals surface area (Å²) in [5.41, 5.74) is 2.72. The Morgan fingerprint density at radius 3 is 2.53 bits per heavy atom. The van der Waals surface area contributed by atoms with Crippen molar-refractivity contribution in [3.8, 4) is 0 Å². The van der Waals surface area contributed by atoms with E-state index in [0.29, 0.717) is 6.04 Å². The summed E-state index contributed by atoms with van der Waals surface area (Å²) in [6.07, 6.45) is 2.93. The third kappa shape index (κ3) is 4.08. The van der Waals surface area contributed by atoms with Gasteiger partial charge in [-0.25, -0.2) is 4.98 Å². The molecular weight excluding hydrogens is 252 g/mol. The third-order valence-corrected chi connectivity index (χ3v) is 4.21. The van der Waals surface area contributed by atoms with E-state index in [4.69, 9.17) is 0 Å².